The van der Waals surface area contributed by atoms with Gasteiger partial charge in [-0.3, -0.25) is 0 Å². The van der Waals surface area contributed by atoms with Crippen molar-refractivity contribution >= 4 is 17.3 Å². The second-order valence-corrected chi connectivity index (χ2v) is 2.59. The predicted octanol–water partition coefficient (Wildman–Crippen LogP) is 1.80. The fraction of sp³-hybridized carbons (Fsp3) is 0.125. The van der Waals surface area contributed by atoms with Crippen molar-refractivity contribution in [1.82, 2.24) is 0 Å². The van der Waals surface area contributed by atoms with Crippen molar-refractivity contribution in [2.24, 2.45) is 0 Å². The van der Waals surface area contributed by atoms with Gasteiger partial charge < -0.3 is 10.5 Å². The smallest absolute Gasteiger partial charge is 0.121 e. The van der Waals surface area contributed by atoms with Gasteiger partial charge in [0.15, 0.2) is 0 Å². The second-order valence-electron chi connectivity index (χ2n) is 2.18. The molecule has 0 aliphatic heterocycles. The maximum Gasteiger partial charge on any atom is 0.121 e. The van der Waals surface area contributed by atoms with Crippen molar-refractivity contribution in [1.29, 1.82) is 5.26 Å². The average Bonchev–Trinajstić information content (AvgIpc) is 2.09. The summed E-state index contributed by atoms with van der Waals surface area (Å²) in [5.74, 6) is 0.533. The highest BCUT2D eigenvalue weighted by Gasteiger charge is 2.05. The van der Waals surface area contributed by atoms with Gasteiger partial charge in [-0.2, -0.15) is 5.26 Å². The van der Waals surface area contributed by atoms with Crippen LogP contribution in [0.25, 0.3) is 0 Å². The van der Waals surface area contributed by atoms with Gasteiger partial charge in [0.05, 0.1) is 23.4 Å². The Bertz CT molecular complexity index is 344. The number of benzene rings is 1. The van der Waals surface area contributed by atoms with Gasteiger partial charge in [0.25, 0.3) is 0 Å². The summed E-state index contributed by atoms with van der Waals surface area (Å²) in [6, 6.07) is 5.03. The number of nitrogens with zero attached hydrogens (tertiary/aromatic N) is 1. The van der Waals surface area contributed by atoms with Crippen LogP contribution in [0.2, 0.25) is 5.02 Å². The summed E-state index contributed by atoms with van der Waals surface area (Å²) in [6.07, 6.45) is 0. The van der Waals surface area contributed by atoms with Gasteiger partial charge in [-0.1, -0.05) is 11.6 Å². The number of nitrogens with two attached hydrogens (primary N) is 1. The summed E-state index contributed by atoms with van der Waals surface area (Å²) < 4.78 is 4.90. The molecule has 4 heteroatoms. The lowest BCUT2D eigenvalue weighted by molar-refractivity contribution is 0.415. The Morgan fingerprint density at radius 3 is 2.75 bits per heavy atom. The number of anilines is 1. The van der Waals surface area contributed by atoms with Gasteiger partial charge in [0.2, 0.25) is 0 Å². The summed E-state index contributed by atoms with van der Waals surface area (Å²) >= 11 is 5.72. The average molecular weight is 183 g/mol. The highest BCUT2D eigenvalue weighted by atomic mass is 35.5. The van der Waals surface area contributed by atoms with Crippen molar-refractivity contribution in [3.05, 3.63) is 22.7 Å². The lowest BCUT2D eigenvalue weighted by atomic mass is 10.2. The van der Waals surface area contributed by atoms with E-state index in [9.17, 15) is 0 Å². The van der Waals surface area contributed by atoms with E-state index in [1.54, 1.807) is 12.1 Å². The zero-order valence-electron chi connectivity index (χ0n) is 6.47. The van der Waals surface area contributed by atoms with Gasteiger partial charge in [0.1, 0.15) is 11.8 Å². The number of nitrogen functional groups attached to an aromatic ring is 1. The second kappa shape index (κ2) is 3.33. The molecule has 0 bridgehead atoms. The first kappa shape index (κ1) is 8.69. The molecule has 0 fully saturated rings. The molecule has 0 aliphatic rings. The summed E-state index contributed by atoms with van der Waals surface area (Å²) in [6.45, 7) is 0. The van der Waals surface area contributed by atoms with Crippen molar-refractivity contribution in [3.63, 3.8) is 0 Å². The van der Waals surface area contributed by atoms with Crippen molar-refractivity contribution < 1.29 is 4.74 Å². The van der Waals surface area contributed by atoms with Gasteiger partial charge in [-0.25, -0.2) is 0 Å². The number of methoxy groups -OCH3 is 1. The molecule has 0 radical (unpaired) electrons. The molecule has 0 amide bonds. The number of nitriles is 1. The van der Waals surface area contributed by atoms with E-state index >= 15 is 0 Å². The molecule has 0 aromatic heterocycles. The number of halogens is 1. The Morgan fingerprint density at radius 1 is 1.58 bits per heavy atom. The number of hydrogen-bond acceptors (Lipinski definition) is 3. The summed E-state index contributed by atoms with van der Waals surface area (Å²) in [5.41, 5.74) is 6.13. The molecule has 1 aromatic carbocycles. The van der Waals surface area contributed by atoms with Crippen molar-refractivity contribution in [3.8, 4) is 11.8 Å². The molecule has 1 aromatic rings. The molecule has 0 unspecified atom stereocenters. The quantitative estimate of drug-likeness (QED) is 0.674. The topological polar surface area (TPSA) is 59.0 Å². The summed E-state index contributed by atoms with van der Waals surface area (Å²) in [5, 5.41) is 8.96. The fourth-order valence-electron chi connectivity index (χ4n) is 0.803. The first-order chi connectivity index (χ1) is 5.69. The van der Waals surface area contributed by atoms with E-state index in [4.69, 9.17) is 27.3 Å². The molecule has 2 N–H and O–H groups in total. The van der Waals surface area contributed by atoms with Gasteiger partial charge in [0, 0.05) is 12.1 Å². The Balaban J connectivity index is 3.31. The fourth-order valence-corrected chi connectivity index (χ4v) is 1.01. The largest absolute Gasteiger partial charge is 0.497 e. The van der Waals surface area contributed by atoms with E-state index < -0.39 is 0 Å². The zero-order chi connectivity index (χ0) is 9.14. The van der Waals surface area contributed by atoms with Crippen LogP contribution in [0.3, 0.4) is 0 Å². The van der Waals surface area contributed by atoms with E-state index in [1.165, 1.54) is 7.11 Å². The third kappa shape index (κ3) is 1.44. The number of hydrogen-bond donors (Lipinski definition) is 1. The lowest BCUT2D eigenvalue weighted by Gasteiger charge is -2.03. The standard InChI is InChI=1S/C8H7ClN2O/c1-12-6-2-5(4-10)8(11)7(9)3-6/h2-3H,11H2,1H3. The third-order valence-electron chi connectivity index (χ3n) is 1.46. The highest BCUT2D eigenvalue weighted by molar-refractivity contribution is 6.33. The molecule has 0 heterocycles. The van der Waals surface area contributed by atoms with Crippen LogP contribution in [0.15, 0.2) is 12.1 Å². The molecule has 12 heavy (non-hydrogen) atoms. The van der Waals surface area contributed by atoms with Crippen LogP contribution in [-0.4, -0.2) is 7.11 Å². The van der Waals surface area contributed by atoms with Gasteiger partial charge in [-0.05, 0) is 0 Å². The van der Waals surface area contributed by atoms with Crippen molar-refractivity contribution in [2.45, 2.75) is 0 Å². The maximum atomic E-state index is 8.62. The Labute approximate surface area is 75.3 Å². The number of ether oxygens (including phenoxy) is 1. The van der Waals surface area contributed by atoms with Crippen LogP contribution in [-0.2, 0) is 0 Å². The molecule has 1 rings (SSSR count). The van der Waals surface area contributed by atoms with Gasteiger partial charge >= 0.3 is 0 Å². The van der Waals surface area contributed by atoms with E-state index in [1.807, 2.05) is 6.07 Å². The predicted molar refractivity (Wildman–Crippen MR) is 47.1 cm³/mol. The van der Waals surface area contributed by atoms with Crippen LogP contribution in [0, 0.1) is 11.3 Å². The lowest BCUT2D eigenvalue weighted by Crippen LogP contribution is -1.93. The first-order valence-electron chi connectivity index (χ1n) is 3.22. The minimum absolute atomic E-state index is 0.292. The minimum Gasteiger partial charge on any atom is -0.497 e. The SMILES string of the molecule is COc1cc(Cl)c(N)c(C#N)c1. The first-order valence-corrected chi connectivity index (χ1v) is 3.60. The molecular formula is C8H7ClN2O. The summed E-state index contributed by atoms with van der Waals surface area (Å²) in [7, 11) is 1.50. The normalized spacial score (nSPS) is 9.08. The Hall–Kier alpha value is -1.40. The monoisotopic (exact) mass is 182 g/mol. The molecule has 3 nitrogen and oxygen atoms in total. The molecule has 0 aliphatic carbocycles. The molecule has 0 atom stereocenters. The Kier molecular flexibility index (Phi) is 2.41. The van der Waals surface area contributed by atoms with Crippen LogP contribution >= 0.6 is 11.6 Å². The van der Waals surface area contributed by atoms with Crippen molar-refractivity contribution in [2.75, 3.05) is 12.8 Å². The maximum absolute atomic E-state index is 8.62. The van der Waals surface area contributed by atoms with Crippen LogP contribution in [0.1, 0.15) is 5.56 Å². The summed E-state index contributed by atoms with van der Waals surface area (Å²) in [4.78, 5) is 0. The third-order valence-corrected chi connectivity index (χ3v) is 1.77. The van der Waals surface area contributed by atoms with E-state index in [-0.39, 0.29) is 0 Å². The van der Waals surface area contributed by atoms with Crippen LogP contribution < -0.4 is 10.5 Å². The molecular weight excluding hydrogens is 176 g/mol. The zero-order valence-corrected chi connectivity index (χ0v) is 7.22. The van der Waals surface area contributed by atoms with E-state index in [0.29, 0.717) is 22.0 Å². The molecule has 62 valence electrons. The molecule has 0 spiro atoms. The van der Waals surface area contributed by atoms with Gasteiger partial charge in [-0.15, -0.1) is 0 Å². The van der Waals surface area contributed by atoms with E-state index in [0.717, 1.165) is 0 Å². The molecule has 0 saturated heterocycles. The molecule has 0 saturated carbocycles. The van der Waals surface area contributed by atoms with Crippen LogP contribution in [0.5, 0.6) is 5.75 Å². The number of rotatable bonds is 1. The highest BCUT2D eigenvalue weighted by Crippen LogP contribution is 2.27. The van der Waals surface area contributed by atoms with E-state index in [2.05, 4.69) is 0 Å². The minimum atomic E-state index is 0.292. The van der Waals surface area contributed by atoms with Crippen LogP contribution in [0.4, 0.5) is 5.69 Å². The Morgan fingerprint density at radius 2 is 2.25 bits per heavy atom.